The van der Waals surface area contributed by atoms with Crippen molar-refractivity contribution in [3.63, 3.8) is 0 Å². The van der Waals surface area contributed by atoms with Gasteiger partial charge in [0.2, 0.25) is 0 Å². The molecule has 0 heterocycles. The summed E-state index contributed by atoms with van der Waals surface area (Å²) < 4.78 is 12.5. The van der Waals surface area contributed by atoms with Gasteiger partial charge in [0.15, 0.2) is 0 Å². The number of carbonyl (C=O) groups is 1. The van der Waals surface area contributed by atoms with Gasteiger partial charge in [-0.05, 0) is 0 Å². The number of rotatable bonds is 6. The Morgan fingerprint density at radius 1 is 1.50 bits per heavy atom. The fourth-order valence-corrected chi connectivity index (χ4v) is 1.55. The van der Waals surface area contributed by atoms with Gasteiger partial charge in [0.05, 0.1) is 27.8 Å². The maximum Gasteiger partial charge on any atom is 0.121 e. The molecule has 1 unspecified atom stereocenters. The van der Waals surface area contributed by atoms with Crippen LogP contribution in [0.15, 0.2) is 0 Å². The first-order chi connectivity index (χ1) is 6.18. The minimum atomic E-state index is -1.51. The number of halogens is 1. The van der Waals surface area contributed by atoms with E-state index in [0.717, 1.165) is 0 Å². The molecule has 0 radical (unpaired) electrons. The SMILES string of the molecule is C[N+](C)(C)CC(O)(CCF)CC(=O)[O-]. The van der Waals surface area contributed by atoms with Crippen molar-refractivity contribution < 1.29 is 23.9 Å². The molecular weight excluding hydrogens is 189 g/mol. The van der Waals surface area contributed by atoms with E-state index in [0.29, 0.717) is 4.48 Å². The Kier molecular flexibility index (Phi) is 4.48. The molecule has 5 heteroatoms. The van der Waals surface area contributed by atoms with E-state index in [2.05, 4.69) is 0 Å². The largest absolute Gasteiger partial charge is 0.550 e. The van der Waals surface area contributed by atoms with Gasteiger partial charge >= 0.3 is 0 Å². The third kappa shape index (κ3) is 5.88. The zero-order valence-corrected chi connectivity index (χ0v) is 8.92. The lowest BCUT2D eigenvalue weighted by molar-refractivity contribution is -0.877. The van der Waals surface area contributed by atoms with Crippen LogP contribution < -0.4 is 5.11 Å². The summed E-state index contributed by atoms with van der Waals surface area (Å²) in [5.41, 5.74) is -1.51. The number of hydrogen-bond donors (Lipinski definition) is 1. The minimum absolute atomic E-state index is 0.170. The van der Waals surface area contributed by atoms with E-state index in [1.54, 1.807) is 21.1 Å². The highest BCUT2D eigenvalue weighted by molar-refractivity contribution is 5.65. The van der Waals surface area contributed by atoms with Crippen LogP contribution in [0.4, 0.5) is 4.39 Å². The van der Waals surface area contributed by atoms with Crippen molar-refractivity contribution in [2.75, 3.05) is 34.4 Å². The predicted octanol–water partition coefficient (Wildman–Crippen LogP) is -1.08. The molecule has 0 aliphatic heterocycles. The lowest BCUT2D eigenvalue weighted by Crippen LogP contribution is -2.52. The number of carboxylic acid groups (broad SMARTS) is 1. The minimum Gasteiger partial charge on any atom is -0.550 e. The number of carbonyl (C=O) groups excluding carboxylic acids is 1. The second-order valence-electron chi connectivity index (χ2n) is 4.66. The molecule has 1 atom stereocenters. The predicted molar refractivity (Wildman–Crippen MR) is 48.1 cm³/mol. The molecule has 0 fully saturated rings. The van der Waals surface area contributed by atoms with E-state index in [1.807, 2.05) is 0 Å². The topological polar surface area (TPSA) is 60.4 Å². The Morgan fingerprint density at radius 2 is 2.00 bits per heavy atom. The van der Waals surface area contributed by atoms with E-state index in [4.69, 9.17) is 0 Å². The molecule has 14 heavy (non-hydrogen) atoms. The van der Waals surface area contributed by atoms with Crippen LogP contribution in [0, 0.1) is 0 Å². The maximum atomic E-state index is 12.1. The Balaban J connectivity index is 4.46. The monoisotopic (exact) mass is 207 g/mol. The summed E-state index contributed by atoms with van der Waals surface area (Å²) >= 11 is 0. The summed E-state index contributed by atoms with van der Waals surface area (Å²) in [6.07, 6.45) is -0.692. The zero-order chi connectivity index (χ0) is 11.4. The van der Waals surface area contributed by atoms with Gasteiger partial charge in [-0.1, -0.05) is 0 Å². The van der Waals surface area contributed by atoms with Gasteiger partial charge in [0, 0.05) is 18.8 Å². The fraction of sp³-hybridized carbons (Fsp3) is 0.889. The highest BCUT2D eigenvalue weighted by Gasteiger charge is 2.33. The number of nitrogens with zero attached hydrogens (tertiary/aromatic N) is 1. The summed E-state index contributed by atoms with van der Waals surface area (Å²) in [4.78, 5) is 10.4. The van der Waals surface area contributed by atoms with Crippen molar-refractivity contribution in [2.24, 2.45) is 0 Å². The Hall–Kier alpha value is -0.680. The van der Waals surface area contributed by atoms with Crippen molar-refractivity contribution in [2.45, 2.75) is 18.4 Å². The van der Waals surface area contributed by atoms with Crippen LogP contribution in [0.25, 0.3) is 0 Å². The number of aliphatic carboxylic acids is 1. The van der Waals surface area contributed by atoms with E-state index < -0.39 is 24.7 Å². The number of carboxylic acids is 1. The number of quaternary nitrogens is 1. The van der Waals surface area contributed by atoms with Crippen molar-refractivity contribution in [3.05, 3.63) is 0 Å². The van der Waals surface area contributed by atoms with Crippen LogP contribution in [-0.4, -0.2) is 55.5 Å². The lowest BCUT2D eigenvalue weighted by atomic mass is 9.95. The van der Waals surface area contributed by atoms with Gasteiger partial charge in [0.1, 0.15) is 12.1 Å². The van der Waals surface area contributed by atoms with Gasteiger partial charge < -0.3 is 19.5 Å². The molecule has 0 aliphatic carbocycles. The van der Waals surface area contributed by atoms with Gasteiger partial charge in [-0.25, -0.2) is 0 Å². The van der Waals surface area contributed by atoms with Gasteiger partial charge in [0.25, 0.3) is 0 Å². The summed E-state index contributed by atoms with van der Waals surface area (Å²) in [7, 11) is 5.41. The molecule has 1 N–H and O–H groups in total. The number of likely N-dealkylation sites (N-methyl/N-ethyl adjacent to an activating group) is 1. The molecule has 0 saturated heterocycles. The summed E-state index contributed by atoms with van der Waals surface area (Å²) in [6.45, 7) is -0.547. The number of hydrogen-bond acceptors (Lipinski definition) is 3. The van der Waals surface area contributed by atoms with Crippen LogP contribution in [0.5, 0.6) is 0 Å². The molecule has 0 amide bonds. The van der Waals surface area contributed by atoms with Crippen molar-refractivity contribution in [3.8, 4) is 0 Å². The second-order valence-corrected chi connectivity index (χ2v) is 4.66. The molecule has 0 aromatic heterocycles. The Bertz CT molecular complexity index is 203. The van der Waals surface area contributed by atoms with Gasteiger partial charge in [-0.3, -0.25) is 4.39 Å². The molecule has 0 aromatic rings. The van der Waals surface area contributed by atoms with E-state index in [9.17, 15) is 19.4 Å². The highest BCUT2D eigenvalue weighted by atomic mass is 19.1. The van der Waals surface area contributed by atoms with E-state index in [-0.39, 0.29) is 13.0 Å². The molecule has 0 rings (SSSR count). The first-order valence-electron chi connectivity index (χ1n) is 4.47. The normalized spacial score (nSPS) is 16.4. The maximum absolute atomic E-state index is 12.1. The summed E-state index contributed by atoms with van der Waals surface area (Å²) in [5, 5.41) is 20.2. The van der Waals surface area contributed by atoms with Gasteiger partial charge in [-0.2, -0.15) is 0 Å². The average Bonchev–Trinajstić information content (AvgIpc) is 1.78. The van der Waals surface area contributed by atoms with Gasteiger partial charge in [-0.15, -0.1) is 0 Å². The molecule has 0 aliphatic rings. The van der Waals surface area contributed by atoms with Crippen molar-refractivity contribution >= 4 is 5.97 Å². The van der Waals surface area contributed by atoms with E-state index in [1.165, 1.54) is 0 Å². The Morgan fingerprint density at radius 3 is 2.29 bits per heavy atom. The first kappa shape index (κ1) is 13.3. The lowest BCUT2D eigenvalue weighted by Gasteiger charge is -2.35. The average molecular weight is 207 g/mol. The summed E-state index contributed by atoms with van der Waals surface area (Å²) in [6, 6.07) is 0. The third-order valence-corrected chi connectivity index (χ3v) is 1.80. The fourth-order valence-electron chi connectivity index (χ4n) is 1.55. The Labute approximate surface area is 83.5 Å². The quantitative estimate of drug-likeness (QED) is 0.564. The molecule has 0 aromatic carbocycles. The van der Waals surface area contributed by atoms with Crippen LogP contribution in [0.1, 0.15) is 12.8 Å². The standard InChI is InChI=1S/C9H18FNO3/c1-11(2,3)7-9(14,4-5-10)6-8(12)13/h14H,4-7H2,1-3H3. The van der Waals surface area contributed by atoms with Crippen LogP contribution in [-0.2, 0) is 4.79 Å². The number of alkyl halides is 1. The molecule has 4 nitrogen and oxygen atoms in total. The first-order valence-corrected chi connectivity index (χ1v) is 4.47. The van der Waals surface area contributed by atoms with Crippen molar-refractivity contribution in [1.82, 2.24) is 0 Å². The zero-order valence-electron chi connectivity index (χ0n) is 8.92. The van der Waals surface area contributed by atoms with E-state index >= 15 is 0 Å². The highest BCUT2D eigenvalue weighted by Crippen LogP contribution is 2.18. The van der Waals surface area contributed by atoms with Crippen LogP contribution >= 0.6 is 0 Å². The molecule has 0 saturated carbocycles. The molecule has 0 bridgehead atoms. The molecular formula is C9H18FNO3. The smallest absolute Gasteiger partial charge is 0.121 e. The summed E-state index contributed by atoms with van der Waals surface area (Å²) in [5.74, 6) is -1.35. The molecule has 84 valence electrons. The van der Waals surface area contributed by atoms with Crippen molar-refractivity contribution in [1.29, 1.82) is 0 Å². The second kappa shape index (κ2) is 4.70. The third-order valence-electron chi connectivity index (χ3n) is 1.80. The number of aliphatic hydroxyl groups is 1. The van der Waals surface area contributed by atoms with Crippen LogP contribution in [0.3, 0.4) is 0 Å². The van der Waals surface area contributed by atoms with Crippen LogP contribution in [0.2, 0.25) is 0 Å². The molecule has 0 spiro atoms.